The molecular formula is C9H13N5O3. The van der Waals surface area contributed by atoms with E-state index in [9.17, 15) is 9.59 Å². The number of carbonyl (C=O) groups excluding carboxylic acids is 2. The fourth-order valence-electron chi connectivity index (χ4n) is 1.69. The summed E-state index contributed by atoms with van der Waals surface area (Å²) in [6.45, 7) is 1.88. The third kappa shape index (κ3) is 2.35. The van der Waals surface area contributed by atoms with Gasteiger partial charge in [0.2, 0.25) is 0 Å². The largest absolute Gasteiger partial charge is 0.453 e. The van der Waals surface area contributed by atoms with Crippen molar-refractivity contribution in [3.63, 3.8) is 0 Å². The maximum absolute atomic E-state index is 11.9. The van der Waals surface area contributed by atoms with Gasteiger partial charge in [-0.3, -0.25) is 4.79 Å². The monoisotopic (exact) mass is 239 g/mol. The maximum atomic E-state index is 11.9. The average Bonchev–Trinajstić information content (AvgIpc) is 2.91. The van der Waals surface area contributed by atoms with Gasteiger partial charge in [0.05, 0.1) is 13.3 Å². The Morgan fingerprint density at radius 2 is 1.94 bits per heavy atom. The molecule has 1 saturated heterocycles. The van der Waals surface area contributed by atoms with Crippen LogP contribution < -0.4 is 0 Å². The van der Waals surface area contributed by atoms with E-state index < -0.39 is 0 Å². The van der Waals surface area contributed by atoms with Crippen molar-refractivity contribution in [3.8, 4) is 0 Å². The third-order valence-electron chi connectivity index (χ3n) is 2.63. The summed E-state index contributed by atoms with van der Waals surface area (Å²) >= 11 is 0. The normalized spacial score (nSPS) is 15.8. The van der Waals surface area contributed by atoms with E-state index in [1.165, 1.54) is 13.3 Å². The Hall–Kier alpha value is -2.12. The lowest BCUT2D eigenvalue weighted by atomic mass is 10.3. The molecule has 1 aliphatic rings. The van der Waals surface area contributed by atoms with Gasteiger partial charge in [-0.15, -0.1) is 0 Å². The zero-order valence-corrected chi connectivity index (χ0v) is 9.42. The Morgan fingerprint density at radius 1 is 1.29 bits per heavy atom. The number of aromatic nitrogens is 3. The predicted octanol–water partition coefficient (Wildman–Crippen LogP) is -0.671. The molecule has 0 radical (unpaired) electrons. The first kappa shape index (κ1) is 11.4. The molecule has 0 aliphatic carbocycles. The van der Waals surface area contributed by atoms with Crippen molar-refractivity contribution in [2.24, 2.45) is 0 Å². The van der Waals surface area contributed by atoms with Crippen LogP contribution >= 0.6 is 0 Å². The van der Waals surface area contributed by atoms with Gasteiger partial charge in [0.25, 0.3) is 5.91 Å². The number of carbonyl (C=O) groups is 2. The Labute approximate surface area is 97.5 Å². The Balaban J connectivity index is 1.91. The number of aromatic amines is 1. The fourth-order valence-corrected chi connectivity index (χ4v) is 1.69. The Morgan fingerprint density at radius 3 is 2.47 bits per heavy atom. The first-order valence-electron chi connectivity index (χ1n) is 5.20. The fraction of sp³-hybridized carbons (Fsp3) is 0.556. The number of methoxy groups -OCH3 is 1. The van der Waals surface area contributed by atoms with Crippen molar-refractivity contribution >= 4 is 12.0 Å². The lowest BCUT2D eigenvalue weighted by molar-refractivity contribution is 0.0594. The van der Waals surface area contributed by atoms with Gasteiger partial charge in [-0.05, 0) is 0 Å². The van der Waals surface area contributed by atoms with Crippen molar-refractivity contribution < 1.29 is 14.3 Å². The van der Waals surface area contributed by atoms with Crippen molar-refractivity contribution in [1.29, 1.82) is 0 Å². The van der Waals surface area contributed by atoms with Crippen LogP contribution in [0, 0.1) is 0 Å². The van der Waals surface area contributed by atoms with E-state index in [0.717, 1.165) is 0 Å². The van der Waals surface area contributed by atoms with Crippen LogP contribution in [0.25, 0.3) is 0 Å². The van der Waals surface area contributed by atoms with Crippen molar-refractivity contribution in [2.45, 2.75) is 0 Å². The summed E-state index contributed by atoms with van der Waals surface area (Å²) in [5.74, 6) is -0.178. The SMILES string of the molecule is COC(=O)N1CCN(C(=O)c2cn[nH]n2)CC1. The van der Waals surface area contributed by atoms with Gasteiger partial charge in [-0.1, -0.05) is 0 Å². The molecule has 0 atom stereocenters. The summed E-state index contributed by atoms with van der Waals surface area (Å²) in [6.07, 6.45) is 1.02. The minimum absolute atomic E-state index is 0.178. The van der Waals surface area contributed by atoms with Crippen LogP contribution in [0.5, 0.6) is 0 Å². The summed E-state index contributed by atoms with van der Waals surface area (Å²) in [7, 11) is 1.34. The summed E-state index contributed by atoms with van der Waals surface area (Å²) in [6, 6.07) is 0. The molecule has 2 amide bonds. The van der Waals surface area contributed by atoms with Gasteiger partial charge in [-0.25, -0.2) is 4.79 Å². The molecule has 2 heterocycles. The smallest absolute Gasteiger partial charge is 0.409 e. The molecule has 8 heteroatoms. The number of piperazine rings is 1. The zero-order valence-electron chi connectivity index (χ0n) is 9.42. The number of rotatable bonds is 1. The van der Waals surface area contributed by atoms with E-state index in [4.69, 9.17) is 0 Å². The van der Waals surface area contributed by atoms with E-state index in [1.807, 2.05) is 0 Å². The van der Waals surface area contributed by atoms with Crippen LogP contribution in [0.15, 0.2) is 6.20 Å². The molecule has 1 fully saturated rings. The van der Waals surface area contributed by atoms with Crippen molar-refractivity contribution in [2.75, 3.05) is 33.3 Å². The van der Waals surface area contributed by atoms with Crippen LogP contribution in [-0.2, 0) is 4.74 Å². The summed E-state index contributed by atoms with van der Waals surface area (Å²) in [5, 5.41) is 9.71. The summed E-state index contributed by atoms with van der Waals surface area (Å²) in [4.78, 5) is 26.3. The topological polar surface area (TPSA) is 91.4 Å². The van der Waals surface area contributed by atoms with Crippen LogP contribution in [0.4, 0.5) is 4.79 Å². The van der Waals surface area contributed by atoms with Crippen LogP contribution in [0.1, 0.15) is 10.5 Å². The Kier molecular flexibility index (Phi) is 3.22. The quantitative estimate of drug-likeness (QED) is 0.701. The second kappa shape index (κ2) is 4.81. The molecule has 1 aromatic heterocycles. The molecule has 0 unspecified atom stereocenters. The molecule has 1 aromatic rings. The summed E-state index contributed by atoms with van der Waals surface area (Å²) in [5.41, 5.74) is 0.288. The van der Waals surface area contributed by atoms with Crippen LogP contribution in [-0.4, -0.2) is 70.5 Å². The molecule has 0 saturated carbocycles. The van der Waals surface area contributed by atoms with E-state index in [2.05, 4.69) is 20.1 Å². The zero-order chi connectivity index (χ0) is 12.3. The molecule has 0 spiro atoms. The van der Waals surface area contributed by atoms with Crippen LogP contribution in [0.2, 0.25) is 0 Å². The number of H-pyrrole nitrogens is 1. The number of nitrogens with one attached hydrogen (secondary N) is 1. The van der Waals surface area contributed by atoms with E-state index in [0.29, 0.717) is 26.2 Å². The third-order valence-corrected chi connectivity index (χ3v) is 2.63. The van der Waals surface area contributed by atoms with Gasteiger partial charge in [0.1, 0.15) is 0 Å². The number of ether oxygens (including phenoxy) is 1. The highest BCUT2D eigenvalue weighted by atomic mass is 16.5. The van der Waals surface area contributed by atoms with Gasteiger partial charge in [0, 0.05) is 26.2 Å². The van der Waals surface area contributed by atoms with Gasteiger partial charge in [0.15, 0.2) is 5.69 Å². The van der Waals surface area contributed by atoms with Gasteiger partial charge < -0.3 is 14.5 Å². The summed E-state index contributed by atoms with van der Waals surface area (Å²) < 4.78 is 4.61. The molecule has 17 heavy (non-hydrogen) atoms. The molecule has 92 valence electrons. The highest BCUT2D eigenvalue weighted by Crippen LogP contribution is 2.06. The van der Waals surface area contributed by atoms with Gasteiger partial charge in [-0.2, -0.15) is 15.4 Å². The predicted molar refractivity (Wildman–Crippen MR) is 56.3 cm³/mol. The van der Waals surface area contributed by atoms with E-state index >= 15 is 0 Å². The van der Waals surface area contributed by atoms with Crippen LogP contribution in [0.3, 0.4) is 0 Å². The first-order chi connectivity index (χ1) is 8.22. The molecule has 0 aromatic carbocycles. The first-order valence-corrected chi connectivity index (χ1v) is 5.20. The molecule has 0 bridgehead atoms. The number of nitrogens with zero attached hydrogens (tertiary/aromatic N) is 4. The average molecular weight is 239 g/mol. The van der Waals surface area contributed by atoms with E-state index in [1.54, 1.807) is 9.80 Å². The molecule has 8 nitrogen and oxygen atoms in total. The lowest BCUT2D eigenvalue weighted by Gasteiger charge is -2.33. The Bertz CT molecular complexity index is 397. The van der Waals surface area contributed by atoms with E-state index in [-0.39, 0.29) is 17.7 Å². The minimum Gasteiger partial charge on any atom is -0.453 e. The minimum atomic E-state index is -0.362. The van der Waals surface area contributed by atoms with Crippen molar-refractivity contribution in [3.05, 3.63) is 11.9 Å². The van der Waals surface area contributed by atoms with Gasteiger partial charge >= 0.3 is 6.09 Å². The highest BCUT2D eigenvalue weighted by molar-refractivity contribution is 5.92. The number of hydrogen-bond acceptors (Lipinski definition) is 5. The molecular weight excluding hydrogens is 226 g/mol. The molecule has 1 aliphatic heterocycles. The van der Waals surface area contributed by atoms with Crippen molar-refractivity contribution in [1.82, 2.24) is 25.2 Å². The molecule has 1 N–H and O–H groups in total. The number of amides is 2. The second-order valence-corrected chi connectivity index (χ2v) is 3.60. The lowest BCUT2D eigenvalue weighted by Crippen LogP contribution is -2.50. The molecule has 2 rings (SSSR count). The highest BCUT2D eigenvalue weighted by Gasteiger charge is 2.26. The standard InChI is InChI=1S/C9H13N5O3/c1-17-9(16)14-4-2-13(3-5-14)8(15)7-6-10-12-11-7/h6H,2-5H2,1H3,(H,10,11,12). The second-order valence-electron chi connectivity index (χ2n) is 3.60. The number of hydrogen-bond donors (Lipinski definition) is 1. The maximum Gasteiger partial charge on any atom is 0.409 e.